The molecule has 11 heteroatoms. The molecule has 1 amide bonds. The number of unbranched alkanes of at least 4 members (excludes halogenated alkanes) is 31. The van der Waals surface area contributed by atoms with Crippen LogP contribution in [0.1, 0.15) is 245 Å². The molecule has 0 spiro atoms. The number of hydrogen-bond acceptors (Lipinski definition) is 10. The van der Waals surface area contributed by atoms with E-state index >= 15 is 0 Å². The summed E-state index contributed by atoms with van der Waals surface area (Å²) in [5, 5.41) is 76.0. The molecule has 63 heavy (non-hydrogen) atoms. The van der Waals surface area contributed by atoms with Crippen LogP contribution in [0.2, 0.25) is 0 Å². The lowest BCUT2D eigenvalue weighted by Gasteiger charge is -2.40. The van der Waals surface area contributed by atoms with Crippen molar-refractivity contribution in [2.75, 3.05) is 13.2 Å². The minimum absolute atomic E-state index is 0.256. The molecule has 9 atom stereocenters. The van der Waals surface area contributed by atoms with E-state index in [1.807, 2.05) is 0 Å². The van der Waals surface area contributed by atoms with Crippen molar-refractivity contribution in [3.63, 3.8) is 0 Å². The van der Waals surface area contributed by atoms with E-state index in [-0.39, 0.29) is 6.42 Å². The predicted molar refractivity (Wildman–Crippen MR) is 256 cm³/mol. The molecule has 1 aliphatic rings. The van der Waals surface area contributed by atoms with Crippen LogP contribution in [0.15, 0.2) is 12.2 Å². The second-order valence-corrected chi connectivity index (χ2v) is 19.0. The van der Waals surface area contributed by atoms with Crippen LogP contribution in [-0.2, 0) is 14.3 Å². The number of hydrogen-bond donors (Lipinski definition) is 8. The van der Waals surface area contributed by atoms with Gasteiger partial charge in [-0.15, -0.1) is 0 Å². The lowest BCUT2D eigenvalue weighted by molar-refractivity contribution is -0.303. The third-order valence-corrected chi connectivity index (χ3v) is 13.1. The Morgan fingerprint density at radius 2 is 0.921 bits per heavy atom. The second-order valence-electron chi connectivity index (χ2n) is 19.0. The van der Waals surface area contributed by atoms with Gasteiger partial charge in [0.2, 0.25) is 5.91 Å². The summed E-state index contributed by atoms with van der Waals surface area (Å²) in [6.45, 7) is 3.47. The van der Waals surface area contributed by atoms with E-state index in [1.165, 1.54) is 154 Å². The molecule has 374 valence electrons. The Labute approximate surface area is 385 Å². The Bertz CT molecular complexity index is 1030. The molecule has 1 rings (SSSR count). The summed E-state index contributed by atoms with van der Waals surface area (Å²) in [4.78, 5) is 13.1. The first-order valence-electron chi connectivity index (χ1n) is 26.6. The van der Waals surface area contributed by atoms with Gasteiger partial charge in [-0.25, -0.2) is 0 Å². The summed E-state index contributed by atoms with van der Waals surface area (Å²) in [7, 11) is 0. The van der Waals surface area contributed by atoms with Crippen LogP contribution in [-0.4, -0.2) is 110 Å². The van der Waals surface area contributed by atoms with Gasteiger partial charge in [0, 0.05) is 0 Å². The number of carbonyl (C=O) groups excluding carboxylic acids is 1. The van der Waals surface area contributed by atoms with E-state index in [0.29, 0.717) is 19.3 Å². The fourth-order valence-electron chi connectivity index (χ4n) is 8.67. The topological polar surface area (TPSA) is 189 Å². The maximum atomic E-state index is 13.1. The summed E-state index contributed by atoms with van der Waals surface area (Å²) >= 11 is 0. The SMILES string of the molecule is CCCCCCCCCCC/C=C\CCCCCCCCC(O)C(=O)NC(COC1OC(CO)C(O)C(O)C1O)C(O)C(O)CCCCCCCCCCCCCCCCCCC. The predicted octanol–water partition coefficient (Wildman–Crippen LogP) is 10.0. The van der Waals surface area contributed by atoms with Crippen molar-refractivity contribution < 1.29 is 50.0 Å². The van der Waals surface area contributed by atoms with Gasteiger partial charge in [-0.1, -0.05) is 219 Å². The average molecular weight is 900 g/mol. The smallest absolute Gasteiger partial charge is 0.249 e. The second kappa shape index (κ2) is 42.2. The van der Waals surface area contributed by atoms with Crippen LogP contribution in [0, 0.1) is 0 Å². The Kier molecular flexibility index (Phi) is 40.1. The van der Waals surface area contributed by atoms with Gasteiger partial charge >= 0.3 is 0 Å². The van der Waals surface area contributed by atoms with Gasteiger partial charge in [0.15, 0.2) is 6.29 Å². The van der Waals surface area contributed by atoms with Gasteiger partial charge in [0.05, 0.1) is 25.4 Å². The summed E-state index contributed by atoms with van der Waals surface area (Å²) in [5.41, 5.74) is 0. The molecule has 11 nitrogen and oxygen atoms in total. The van der Waals surface area contributed by atoms with Crippen molar-refractivity contribution in [1.82, 2.24) is 5.32 Å². The highest BCUT2D eigenvalue weighted by molar-refractivity contribution is 5.80. The summed E-state index contributed by atoms with van der Waals surface area (Å²) in [6, 6.07) is -1.17. The van der Waals surface area contributed by atoms with Gasteiger partial charge in [-0.3, -0.25) is 4.79 Å². The summed E-state index contributed by atoms with van der Waals surface area (Å²) in [6.07, 6.45) is 35.3. The summed E-state index contributed by atoms with van der Waals surface area (Å²) < 4.78 is 11.1. The minimum atomic E-state index is -1.66. The zero-order valence-electron chi connectivity index (χ0n) is 40.6. The number of nitrogens with one attached hydrogen (secondary N) is 1. The standard InChI is InChI=1S/C52H101NO10/c1-3-5-7-9-11-13-15-17-19-21-22-24-26-28-30-32-34-36-38-40-45(56)51(61)53-43(42-62-52-50(60)49(59)48(58)46(41-54)63-52)47(57)44(55)39-37-35-33-31-29-27-25-23-20-18-16-14-12-10-8-6-4-2/h22,24,43-50,52,54-60H,3-21,23,25-42H2,1-2H3,(H,53,61)/b24-22-. The first kappa shape index (κ1) is 59.9. The van der Waals surface area contributed by atoms with Gasteiger partial charge in [0.25, 0.3) is 0 Å². The van der Waals surface area contributed by atoms with Crippen molar-refractivity contribution in [1.29, 1.82) is 0 Å². The number of ether oxygens (including phenoxy) is 2. The zero-order valence-corrected chi connectivity index (χ0v) is 40.6. The number of amides is 1. The molecule has 0 radical (unpaired) electrons. The molecule has 0 bridgehead atoms. The van der Waals surface area contributed by atoms with Crippen molar-refractivity contribution in [3.8, 4) is 0 Å². The normalized spacial score (nSPS) is 21.2. The van der Waals surface area contributed by atoms with Crippen LogP contribution < -0.4 is 5.32 Å². The molecular weight excluding hydrogens is 799 g/mol. The molecule has 1 saturated heterocycles. The van der Waals surface area contributed by atoms with Crippen LogP contribution in [0.25, 0.3) is 0 Å². The highest BCUT2D eigenvalue weighted by Gasteiger charge is 2.44. The average Bonchev–Trinajstić information content (AvgIpc) is 3.28. The number of aliphatic hydroxyl groups excluding tert-OH is 7. The molecule has 1 fully saturated rings. The van der Waals surface area contributed by atoms with Crippen LogP contribution >= 0.6 is 0 Å². The van der Waals surface area contributed by atoms with Gasteiger partial charge in [-0.05, 0) is 38.5 Å². The molecular formula is C52H101NO10. The number of aliphatic hydroxyl groups is 7. The van der Waals surface area contributed by atoms with Gasteiger partial charge < -0.3 is 50.5 Å². The number of carbonyl (C=O) groups is 1. The molecule has 9 unspecified atom stereocenters. The first-order chi connectivity index (χ1) is 30.7. The number of rotatable bonds is 45. The minimum Gasteiger partial charge on any atom is -0.394 e. The van der Waals surface area contributed by atoms with E-state index in [4.69, 9.17) is 9.47 Å². The fourth-order valence-corrected chi connectivity index (χ4v) is 8.67. The van der Waals surface area contributed by atoms with Crippen molar-refractivity contribution in [3.05, 3.63) is 12.2 Å². The van der Waals surface area contributed by atoms with Crippen LogP contribution in [0.4, 0.5) is 0 Å². The quantitative estimate of drug-likeness (QED) is 0.0216. The molecule has 0 aromatic rings. The Balaban J connectivity index is 2.38. The van der Waals surface area contributed by atoms with Crippen LogP contribution in [0.3, 0.4) is 0 Å². The first-order valence-corrected chi connectivity index (χ1v) is 26.6. The molecule has 1 aliphatic heterocycles. The Morgan fingerprint density at radius 3 is 1.33 bits per heavy atom. The van der Waals surface area contributed by atoms with Crippen molar-refractivity contribution >= 4 is 5.91 Å². The van der Waals surface area contributed by atoms with Crippen LogP contribution in [0.5, 0.6) is 0 Å². The summed E-state index contributed by atoms with van der Waals surface area (Å²) in [5.74, 6) is -0.698. The molecule has 1 heterocycles. The molecule has 0 saturated carbocycles. The van der Waals surface area contributed by atoms with Crippen molar-refractivity contribution in [2.24, 2.45) is 0 Å². The lowest BCUT2D eigenvalue weighted by Crippen LogP contribution is -2.60. The fraction of sp³-hybridized carbons (Fsp3) is 0.942. The van der Waals surface area contributed by atoms with E-state index < -0.39 is 74.2 Å². The largest absolute Gasteiger partial charge is 0.394 e. The highest BCUT2D eigenvalue weighted by Crippen LogP contribution is 2.23. The highest BCUT2D eigenvalue weighted by atomic mass is 16.7. The van der Waals surface area contributed by atoms with E-state index in [9.17, 15) is 40.5 Å². The molecule has 0 aliphatic carbocycles. The van der Waals surface area contributed by atoms with Gasteiger partial charge in [0.1, 0.15) is 36.6 Å². The third kappa shape index (κ3) is 31.5. The maximum Gasteiger partial charge on any atom is 0.249 e. The zero-order chi connectivity index (χ0) is 46.2. The van der Waals surface area contributed by atoms with E-state index in [0.717, 1.165) is 51.4 Å². The van der Waals surface area contributed by atoms with E-state index in [1.54, 1.807) is 0 Å². The van der Waals surface area contributed by atoms with Crippen molar-refractivity contribution in [2.45, 2.75) is 300 Å². The molecule has 8 N–H and O–H groups in total. The lowest BCUT2D eigenvalue weighted by atomic mass is 9.98. The Morgan fingerprint density at radius 1 is 0.540 bits per heavy atom. The Hall–Kier alpha value is -1.15. The maximum absolute atomic E-state index is 13.1. The number of allylic oxidation sites excluding steroid dienone is 2. The third-order valence-electron chi connectivity index (χ3n) is 13.1. The van der Waals surface area contributed by atoms with Gasteiger partial charge in [-0.2, -0.15) is 0 Å². The monoisotopic (exact) mass is 900 g/mol. The molecule has 0 aromatic carbocycles. The molecule has 0 aromatic heterocycles. The van der Waals surface area contributed by atoms with E-state index in [2.05, 4.69) is 31.3 Å².